The third-order valence-corrected chi connectivity index (χ3v) is 4.67. The third-order valence-electron chi connectivity index (χ3n) is 3.83. The molecule has 0 aliphatic carbocycles. The van der Waals surface area contributed by atoms with Crippen molar-refractivity contribution in [2.45, 2.75) is 27.7 Å². The van der Waals surface area contributed by atoms with Gasteiger partial charge in [0.15, 0.2) is 0 Å². The number of nitrogens with zero attached hydrogens (tertiary/aromatic N) is 1. The van der Waals surface area contributed by atoms with Crippen LogP contribution in [0.15, 0.2) is 53.0 Å². The maximum Gasteiger partial charge on any atom is 0.264 e. The Balaban J connectivity index is 2.00. The molecule has 4 nitrogen and oxygen atoms in total. The van der Waals surface area contributed by atoms with Gasteiger partial charge in [0.2, 0.25) is 0 Å². The van der Waals surface area contributed by atoms with Crippen LogP contribution in [0.25, 0.3) is 0 Å². The Morgan fingerprint density at radius 1 is 1.07 bits per heavy atom. The van der Waals surface area contributed by atoms with E-state index >= 15 is 0 Å². The molecule has 2 aromatic carbocycles. The molecule has 0 fully saturated rings. The number of halogens is 1. The van der Waals surface area contributed by atoms with Gasteiger partial charge < -0.3 is 15.0 Å². The lowest BCUT2D eigenvalue weighted by Gasteiger charge is -2.28. The Kier molecular flexibility index (Phi) is 8.45. The van der Waals surface area contributed by atoms with Crippen molar-refractivity contribution >= 4 is 44.9 Å². The first-order valence-corrected chi connectivity index (χ1v) is 10.6. The molecule has 0 saturated carbocycles. The molecule has 0 heterocycles. The van der Waals surface area contributed by atoms with Crippen molar-refractivity contribution < 1.29 is 9.53 Å². The fourth-order valence-electron chi connectivity index (χ4n) is 2.71. The van der Waals surface area contributed by atoms with Gasteiger partial charge in [0.25, 0.3) is 11.1 Å². The van der Waals surface area contributed by atoms with Crippen molar-refractivity contribution in [3.63, 3.8) is 0 Å². The van der Waals surface area contributed by atoms with E-state index in [2.05, 4.69) is 53.8 Å². The van der Waals surface area contributed by atoms with Crippen LogP contribution >= 0.6 is 28.1 Å². The van der Waals surface area contributed by atoms with Gasteiger partial charge in [0.1, 0.15) is 5.75 Å². The van der Waals surface area contributed by atoms with E-state index in [1.54, 1.807) is 24.3 Å². The van der Waals surface area contributed by atoms with Gasteiger partial charge in [-0.3, -0.25) is 4.79 Å². The van der Waals surface area contributed by atoms with Crippen LogP contribution in [-0.2, 0) is 0 Å². The lowest BCUT2D eigenvalue weighted by molar-refractivity contribution is 0.102. The molecule has 0 aliphatic heterocycles. The quantitative estimate of drug-likeness (QED) is 0.513. The molecule has 0 saturated heterocycles. The summed E-state index contributed by atoms with van der Waals surface area (Å²) in [7, 11) is 0. The third kappa shape index (κ3) is 7.24. The molecule has 0 atom stereocenters. The Hall–Kier alpha value is -1.92. The molecular weight excluding hydrogens is 436 g/mol. The average Bonchev–Trinajstić information content (AvgIpc) is 2.61. The Morgan fingerprint density at radius 3 is 2.21 bits per heavy atom. The van der Waals surface area contributed by atoms with Gasteiger partial charge >= 0.3 is 0 Å². The van der Waals surface area contributed by atoms with Crippen molar-refractivity contribution in [2.24, 2.45) is 11.8 Å². The van der Waals surface area contributed by atoms with Crippen molar-refractivity contribution in [3.8, 4) is 5.75 Å². The lowest BCUT2D eigenvalue weighted by Crippen LogP contribution is -2.38. The van der Waals surface area contributed by atoms with Crippen LogP contribution in [0.1, 0.15) is 38.1 Å². The number of thiocarbonyl (C=S) groups is 1. The molecule has 2 aromatic rings. The molecule has 0 spiro atoms. The molecule has 0 unspecified atom stereocenters. The number of rotatable bonds is 7. The highest BCUT2D eigenvalue weighted by Crippen LogP contribution is 2.18. The topological polar surface area (TPSA) is 41.6 Å². The van der Waals surface area contributed by atoms with Crippen LogP contribution in [0.4, 0.5) is 5.69 Å². The summed E-state index contributed by atoms with van der Waals surface area (Å²) >= 11 is 8.90. The summed E-state index contributed by atoms with van der Waals surface area (Å²) < 4.78 is 6.78. The van der Waals surface area contributed by atoms with Crippen LogP contribution in [0, 0.1) is 11.8 Å². The van der Waals surface area contributed by atoms with E-state index in [-0.39, 0.29) is 5.91 Å². The van der Waals surface area contributed by atoms with E-state index in [9.17, 15) is 4.79 Å². The van der Waals surface area contributed by atoms with Crippen LogP contribution in [-0.4, -0.2) is 29.1 Å². The van der Waals surface area contributed by atoms with Gasteiger partial charge in [-0.1, -0.05) is 49.7 Å². The highest BCUT2D eigenvalue weighted by molar-refractivity contribution is 9.10. The van der Waals surface area contributed by atoms with E-state index in [0.29, 0.717) is 28.3 Å². The van der Waals surface area contributed by atoms with Crippen LogP contribution in [0.2, 0.25) is 0 Å². The maximum absolute atomic E-state index is 12.4. The number of amides is 1. The molecule has 0 bridgehead atoms. The summed E-state index contributed by atoms with van der Waals surface area (Å²) in [5.41, 5.74) is 1.29. The number of anilines is 1. The van der Waals surface area contributed by atoms with Crippen molar-refractivity contribution in [3.05, 3.63) is 58.6 Å². The van der Waals surface area contributed by atoms with E-state index in [0.717, 1.165) is 23.2 Å². The fourth-order valence-corrected chi connectivity index (χ4v) is 3.36. The average molecular weight is 463 g/mol. The summed E-state index contributed by atoms with van der Waals surface area (Å²) in [5, 5.41) is 3.34. The molecule has 2 rings (SSSR count). The summed E-state index contributed by atoms with van der Waals surface area (Å²) in [4.78, 5) is 14.5. The number of carbonyl (C=O) groups is 1. The zero-order chi connectivity index (χ0) is 20.7. The first-order valence-electron chi connectivity index (χ1n) is 9.38. The van der Waals surface area contributed by atoms with Crippen molar-refractivity contribution in [1.29, 1.82) is 0 Å². The number of ether oxygens (including phenoxy) is 1. The number of hydrogen-bond donors (Lipinski definition) is 1. The largest absolute Gasteiger partial charge is 0.432 e. The number of nitrogens with one attached hydrogen (secondary N) is 1. The molecule has 0 aliphatic rings. The van der Waals surface area contributed by atoms with E-state index in [4.69, 9.17) is 17.0 Å². The Morgan fingerprint density at radius 2 is 1.68 bits per heavy atom. The van der Waals surface area contributed by atoms with Crippen molar-refractivity contribution in [1.82, 2.24) is 4.90 Å². The first kappa shape index (κ1) is 22.4. The summed E-state index contributed by atoms with van der Waals surface area (Å²) in [5.74, 6) is 1.43. The van der Waals surface area contributed by atoms with Gasteiger partial charge in [0.05, 0.1) is 0 Å². The molecular formula is C22H27BrN2O2S. The molecule has 150 valence electrons. The Bertz CT molecular complexity index is 796. The molecule has 0 aromatic heterocycles. The molecule has 1 N–H and O–H groups in total. The molecule has 1 amide bonds. The minimum Gasteiger partial charge on any atom is -0.432 e. The Labute approximate surface area is 181 Å². The number of benzene rings is 2. The predicted molar refractivity (Wildman–Crippen MR) is 123 cm³/mol. The summed E-state index contributed by atoms with van der Waals surface area (Å²) in [6.45, 7) is 10.3. The minimum absolute atomic E-state index is 0.173. The normalized spacial score (nSPS) is 10.8. The zero-order valence-electron chi connectivity index (χ0n) is 16.7. The second kappa shape index (κ2) is 10.6. The molecule has 28 heavy (non-hydrogen) atoms. The van der Waals surface area contributed by atoms with E-state index < -0.39 is 0 Å². The number of carbonyl (C=O) groups excluding carboxylic acids is 1. The predicted octanol–water partition coefficient (Wildman–Crippen LogP) is 5.98. The highest BCUT2D eigenvalue weighted by atomic mass is 79.9. The van der Waals surface area contributed by atoms with E-state index in [1.807, 2.05) is 24.3 Å². The fraction of sp³-hybridized carbons (Fsp3) is 0.364. The molecule has 6 heteroatoms. The van der Waals surface area contributed by atoms with Gasteiger partial charge in [-0.05, 0) is 66.5 Å². The van der Waals surface area contributed by atoms with Crippen LogP contribution in [0.3, 0.4) is 0 Å². The maximum atomic E-state index is 12.4. The second-order valence-electron chi connectivity index (χ2n) is 7.55. The monoisotopic (exact) mass is 462 g/mol. The number of hydrogen-bond acceptors (Lipinski definition) is 3. The zero-order valence-corrected chi connectivity index (χ0v) is 19.1. The van der Waals surface area contributed by atoms with Gasteiger partial charge in [-0.2, -0.15) is 0 Å². The SMILES string of the molecule is CC(C)CN(CC(C)C)C(=S)Oc1ccc(C(=O)Nc2cccc(Br)c2)cc1. The standard InChI is InChI=1S/C22H27BrN2O2S/c1-15(2)13-25(14-16(3)4)22(28)27-20-10-8-17(9-11-20)21(26)24-19-7-5-6-18(23)12-19/h5-12,15-16H,13-14H2,1-4H3,(H,24,26). The molecule has 0 radical (unpaired) electrons. The first-order chi connectivity index (χ1) is 13.2. The highest BCUT2D eigenvalue weighted by Gasteiger charge is 2.15. The summed E-state index contributed by atoms with van der Waals surface area (Å²) in [6, 6.07) is 14.5. The summed E-state index contributed by atoms with van der Waals surface area (Å²) in [6.07, 6.45) is 0. The van der Waals surface area contributed by atoms with Crippen LogP contribution < -0.4 is 10.1 Å². The van der Waals surface area contributed by atoms with Gasteiger partial charge in [-0.25, -0.2) is 0 Å². The van der Waals surface area contributed by atoms with Gasteiger partial charge in [-0.15, -0.1) is 0 Å². The minimum atomic E-state index is -0.173. The lowest BCUT2D eigenvalue weighted by atomic mass is 10.1. The smallest absolute Gasteiger partial charge is 0.264 e. The van der Waals surface area contributed by atoms with Crippen LogP contribution in [0.5, 0.6) is 5.75 Å². The van der Waals surface area contributed by atoms with Crippen molar-refractivity contribution in [2.75, 3.05) is 18.4 Å². The van der Waals surface area contributed by atoms with Gasteiger partial charge in [0, 0.05) is 28.8 Å². The van der Waals surface area contributed by atoms with E-state index in [1.165, 1.54) is 0 Å². The second-order valence-corrected chi connectivity index (χ2v) is 8.81.